The number of H-pyrrole nitrogens is 1. The van der Waals surface area contributed by atoms with Crippen molar-refractivity contribution in [3.05, 3.63) is 35.7 Å². The summed E-state index contributed by atoms with van der Waals surface area (Å²) >= 11 is 0. The maximum absolute atomic E-state index is 11.4. The molecule has 0 spiro atoms. The van der Waals surface area contributed by atoms with E-state index in [4.69, 9.17) is 5.73 Å². The molecule has 6 heteroatoms. The van der Waals surface area contributed by atoms with E-state index in [0.717, 1.165) is 16.6 Å². The summed E-state index contributed by atoms with van der Waals surface area (Å²) in [6, 6.07) is 3.76. The molecule has 0 saturated heterocycles. The van der Waals surface area contributed by atoms with Gasteiger partial charge in [0.05, 0.1) is 5.57 Å². The number of nitrogens with two attached hydrogens (primary N) is 1. The number of amides is 1. The van der Waals surface area contributed by atoms with Crippen LogP contribution in [-0.4, -0.2) is 21.7 Å². The number of hydrogen-bond donors (Lipinski definition) is 3. The van der Waals surface area contributed by atoms with E-state index in [2.05, 4.69) is 20.5 Å². The van der Waals surface area contributed by atoms with Crippen LogP contribution >= 0.6 is 0 Å². The molecular weight excluding hydrogens is 218 g/mol. The van der Waals surface area contributed by atoms with Gasteiger partial charge in [0.25, 0.3) is 5.91 Å². The first-order valence-electron chi connectivity index (χ1n) is 5.03. The minimum Gasteiger partial charge on any atom is -0.382 e. The maximum Gasteiger partial charge on any atom is 0.275 e. The van der Waals surface area contributed by atoms with E-state index in [-0.39, 0.29) is 11.7 Å². The molecule has 17 heavy (non-hydrogen) atoms. The highest BCUT2D eigenvalue weighted by atomic mass is 16.2. The van der Waals surface area contributed by atoms with Gasteiger partial charge < -0.3 is 10.7 Å². The Balaban J connectivity index is 2.14. The number of carbonyl (C=O) groups excluding carboxylic acids is 1. The van der Waals surface area contributed by atoms with Gasteiger partial charge in [-0.15, -0.1) is 0 Å². The summed E-state index contributed by atoms with van der Waals surface area (Å²) in [4.78, 5) is 18.6. The molecule has 0 aliphatic carbocycles. The molecule has 4 N–H and O–H groups in total. The molecule has 3 heterocycles. The molecule has 1 amide bonds. The summed E-state index contributed by atoms with van der Waals surface area (Å²) in [7, 11) is 0. The summed E-state index contributed by atoms with van der Waals surface area (Å²) in [6.07, 6.45) is 5.18. The normalized spacial score (nSPS) is 17.5. The Morgan fingerprint density at radius 1 is 1.41 bits per heavy atom. The van der Waals surface area contributed by atoms with Crippen LogP contribution in [0.4, 0.5) is 0 Å². The predicted octanol–water partition coefficient (Wildman–Crippen LogP) is 0.348. The van der Waals surface area contributed by atoms with E-state index in [1.165, 1.54) is 0 Å². The van der Waals surface area contributed by atoms with Crippen LogP contribution in [-0.2, 0) is 4.79 Å². The van der Waals surface area contributed by atoms with Crippen molar-refractivity contribution in [2.45, 2.75) is 0 Å². The third kappa shape index (κ3) is 1.46. The van der Waals surface area contributed by atoms with Crippen molar-refractivity contribution in [2.75, 3.05) is 0 Å². The van der Waals surface area contributed by atoms with E-state index in [9.17, 15) is 4.79 Å². The van der Waals surface area contributed by atoms with Crippen LogP contribution in [0, 0.1) is 0 Å². The van der Waals surface area contributed by atoms with Crippen molar-refractivity contribution in [2.24, 2.45) is 10.8 Å². The SMILES string of the molecule is NC1=NNC(=O)/C1=C\c1c[nH]c2ncccc12. The predicted molar refractivity (Wildman–Crippen MR) is 63.8 cm³/mol. The van der Waals surface area contributed by atoms with Crippen LogP contribution in [0.2, 0.25) is 0 Å². The van der Waals surface area contributed by atoms with Gasteiger partial charge in [-0.3, -0.25) is 4.79 Å². The summed E-state index contributed by atoms with van der Waals surface area (Å²) in [5.74, 6) is -0.0889. The lowest BCUT2D eigenvalue weighted by Gasteiger charge is -1.94. The number of nitrogens with one attached hydrogen (secondary N) is 2. The van der Waals surface area contributed by atoms with E-state index in [1.54, 1.807) is 18.5 Å². The molecule has 0 unspecified atom stereocenters. The van der Waals surface area contributed by atoms with Gasteiger partial charge >= 0.3 is 0 Å². The van der Waals surface area contributed by atoms with Gasteiger partial charge in [0.2, 0.25) is 0 Å². The fraction of sp³-hybridized carbons (Fsp3) is 0. The number of fused-ring (bicyclic) bond motifs is 1. The van der Waals surface area contributed by atoms with E-state index in [1.807, 2.05) is 12.1 Å². The largest absolute Gasteiger partial charge is 0.382 e. The maximum atomic E-state index is 11.4. The molecule has 1 aliphatic rings. The molecule has 3 rings (SSSR count). The smallest absolute Gasteiger partial charge is 0.275 e. The van der Waals surface area contributed by atoms with Crippen LogP contribution in [0.15, 0.2) is 35.2 Å². The first-order chi connectivity index (χ1) is 8.25. The summed E-state index contributed by atoms with van der Waals surface area (Å²) in [6.45, 7) is 0. The number of nitrogens with zero attached hydrogens (tertiary/aromatic N) is 2. The summed E-state index contributed by atoms with van der Waals surface area (Å²) < 4.78 is 0. The molecular formula is C11H9N5O. The van der Waals surface area contributed by atoms with Gasteiger partial charge in [-0.1, -0.05) is 0 Å². The van der Waals surface area contributed by atoms with Gasteiger partial charge in [-0.25, -0.2) is 10.4 Å². The molecule has 0 bridgehead atoms. The minimum absolute atomic E-state index is 0.202. The van der Waals surface area contributed by atoms with Crippen molar-refractivity contribution in [3.8, 4) is 0 Å². The number of amidine groups is 1. The van der Waals surface area contributed by atoms with Gasteiger partial charge in [0.15, 0.2) is 5.84 Å². The molecule has 2 aromatic heterocycles. The molecule has 0 aromatic carbocycles. The van der Waals surface area contributed by atoms with Crippen LogP contribution < -0.4 is 11.2 Å². The Hall–Kier alpha value is -2.63. The number of rotatable bonds is 1. The zero-order valence-corrected chi connectivity index (χ0v) is 8.77. The fourth-order valence-corrected chi connectivity index (χ4v) is 1.74. The Morgan fingerprint density at radius 3 is 3.06 bits per heavy atom. The lowest BCUT2D eigenvalue weighted by atomic mass is 10.1. The second-order valence-corrected chi connectivity index (χ2v) is 3.64. The van der Waals surface area contributed by atoms with Gasteiger partial charge in [-0.2, -0.15) is 5.10 Å². The van der Waals surface area contributed by atoms with Crippen molar-refractivity contribution >= 4 is 28.9 Å². The van der Waals surface area contributed by atoms with Crippen molar-refractivity contribution in [1.82, 2.24) is 15.4 Å². The molecule has 0 fully saturated rings. The van der Waals surface area contributed by atoms with Crippen LogP contribution in [0.5, 0.6) is 0 Å². The van der Waals surface area contributed by atoms with E-state index in [0.29, 0.717) is 5.57 Å². The Labute approximate surface area is 96.2 Å². The number of hydrogen-bond acceptors (Lipinski definition) is 4. The van der Waals surface area contributed by atoms with Crippen LogP contribution in [0.25, 0.3) is 17.1 Å². The average Bonchev–Trinajstić information content (AvgIpc) is 2.88. The monoisotopic (exact) mass is 227 g/mol. The Morgan fingerprint density at radius 2 is 2.29 bits per heavy atom. The second kappa shape index (κ2) is 3.44. The fourth-order valence-electron chi connectivity index (χ4n) is 1.74. The van der Waals surface area contributed by atoms with Gasteiger partial charge in [0, 0.05) is 23.3 Å². The lowest BCUT2D eigenvalue weighted by molar-refractivity contribution is -0.116. The van der Waals surface area contributed by atoms with E-state index < -0.39 is 0 Å². The lowest BCUT2D eigenvalue weighted by Crippen LogP contribution is -2.16. The highest BCUT2D eigenvalue weighted by molar-refractivity contribution is 6.26. The molecule has 2 aromatic rings. The molecule has 6 nitrogen and oxygen atoms in total. The van der Waals surface area contributed by atoms with Gasteiger partial charge in [0.1, 0.15) is 5.65 Å². The quantitative estimate of drug-likeness (QED) is 0.613. The number of hydrazone groups is 1. The van der Waals surface area contributed by atoms with Crippen LogP contribution in [0.1, 0.15) is 5.56 Å². The third-order valence-electron chi connectivity index (χ3n) is 2.58. The Bertz CT molecular complexity index is 667. The van der Waals surface area contributed by atoms with Gasteiger partial charge in [-0.05, 0) is 18.2 Å². The first kappa shape index (κ1) is 9.59. The minimum atomic E-state index is -0.291. The average molecular weight is 227 g/mol. The van der Waals surface area contributed by atoms with Crippen LogP contribution in [0.3, 0.4) is 0 Å². The molecule has 0 radical (unpaired) electrons. The summed E-state index contributed by atoms with van der Waals surface area (Å²) in [5, 5.41) is 4.60. The zero-order chi connectivity index (χ0) is 11.8. The molecule has 0 saturated carbocycles. The third-order valence-corrected chi connectivity index (χ3v) is 2.58. The van der Waals surface area contributed by atoms with E-state index >= 15 is 0 Å². The number of carbonyl (C=O) groups is 1. The Kier molecular flexibility index (Phi) is 1.94. The molecule has 84 valence electrons. The topological polar surface area (TPSA) is 96.2 Å². The highest BCUT2D eigenvalue weighted by Crippen LogP contribution is 2.19. The summed E-state index contributed by atoms with van der Waals surface area (Å²) in [5.41, 5.74) is 9.91. The second-order valence-electron chi connectivity index (χ2n) is 3.64. The highest BCUT2D eigenvalue weighted by Gasteiger charge is 2.20. The number of aromatic nitrogens is 2. The van der Waals surface area contributed by atoms with Crippen molar-refractivity contribution in [1.29, 1.82) is 0 Å². The van der Waals surface area contributed by atoms with Crippen molar-refractivity contribution in [3.63, 3.8) is 0 Å². The number of aromatic amines is 1. The van der Waals surface area contributed by atoms with Crippen molar-refractivity contribution < 1.29 is 4.79 Å². The first-order valence-corrected chi connectivity index (χ1v) is 5.03. The standard InChI is InChI=1S/C11H9N5O/c12-9-8(11(17)16-15-9)4-6-5-14-10-7(6)2-1-3-13-10/h1-5H,(H2,12,15)(H,13,14)(H,16,17)/b8-4-. The molecule has 0 atom stereocenters. The molecule has 1 aliphatic heterocycles. The zero-order valence-electron chi connectivity index (χ0n) is 8.77. The number of pyridine rings is 1.